The molecule has 0 aromatic heterocycles. The third-order valence-electron chi connectivity index (χ3n) is 2.84. The molecule has 3 nitrogen and oxygen atoms in total. The van der Waals surface area contributed by atoms with E-state index >= 15 is 0 Å². The largest absolute Gasteiger partial charge is 0.389 e. The maximum atomic E-state index is 12.1. The number of carbonyl (C=O) groups excluding carboxylic acids is 1. The van der Waals surface area contributed by atoms with Crippen molar-refractivity contribution in [2.24, 2.45) is 5.73 Å². The average Bonchev–Trinajstić information content (AvgIpc) is 2.47. The standard InChI is InChI=1S/C15H12Cl2N2OS/c16-11-4-5-13(17)12(7-11)15(20)19-8-9-2-1-3-10(6-9)14(18)21/h1-7H,8H2,(H2,18,21)(H,19,20). The Hall–Kier alpha value is -1.62. The molecule has 0 saturated carbocycles. The zero-order chi connectivity index (χ0) is 15.4. The fraction of sp³-hybridized carbons (Fsp3) is 0.0667. The summed E-state index contributed by atoms with van der Waals surface area (Å²) < 4.78 is 0. The van der Waals surface area contributed by atoms with Crippen LogP contribution in [0, 0.1) is 0 Å². The van der Waals surface area contributed by atoms with E-state index in [0.717, 1.165) is 11.1 Å². The Labute approximate surface area is 138 Å². The molecule has 2 aromatic carbocycles. The summed E-state index contributed by atoms with van der Waals surface area (Å²) in [4.78, 5) is 12.4. The Morgan fingerprint density at radius 1 is 1.19 bits per heavy atom. The van der Waals surface area contributed by atoms with Gasteiger partial charge < -0.3 is 11.1 Å². The Balaban J connectivity index is 2.09. The SMILES string of the molecule is NC(=S)c1cccc(CNC(=O)c2cc(Cl)ccc2Cl)c1. The van der Waals surface area contributed by atoms with E-state index in [2.05, 4.69) is 5.32 Å². The van der Waals surface area contributed by atoms with E-state index < -0.39 is 0 Å². The van der Waals surface area contributed by atoms with Gasteiger partial charge in [-0.2, -0.15) is 0 Å². The molecule has 0 aliphatic carbocycles. The minimum Gasteiger partial charge on any atom is -0.389 e. The van der Waals surface area contributed by atoms with Crippen LogP contribution in [0.2, 0.25) is 10.0 Å². The lowest BCUT2D eigenvalue weighted by molar-refractivity contribution is 0.0951. The van der Waals surface area contributed by atoms with Gasteiger partial charge in [0, 0.05) is 17.1 Å². The number of hydrogen-bond acceptors (Lipinski definition) is 2. The van der Waals surface area contributed by atoms with Gasteiger partial charge in [-0.1, -0.05) is 53.6 Å². The van der Waals surface area contributed by atoms with E-state index in [0.29, 0.717) is 27.1 Å². The van der Waals surface area contributed by atoms with Gasteiger partial charge in [0.25, 0.3) is 5.91 Å². The summed E-state index contributed by atoms with van der Waals surface area (Å²) in [6.07, 6.45) is 0. The number of carbonyl (C=O) groups is 1. The molecule has 0 heterocycles. The molecule has 0 atom stereocenters. The van der Waals surface area contributed by atoms with E-state index in [9.17, 15) is 4.79 Å². The summed E-state index contributed by atoms with van der Waals surface area (Å²) in [5, 5.41) is 3.60. The van der Waals surface area contributed by atoms with E-state index in [-0.39, 0.29) is 5.91 Å². The van der Waals surface area contributed by atoms with Gasteiger partial charge in [-0.3, -0.25) is 4.79 Å². The quantitative estimate of drug-likeness (QED) is 0.838. The van der Waals surface area contributed by atoms with Crippen LogP contribution in [-0.2, 0) is 6.54 Å². The van der Waals surface area contributed by atoms with Crippen molar-refractivity contribution in [2.75, 3.05) is 0 Å². The monoisotopic (exact) mass is 338 g/mol. The van der Waals surface area contributed by atoms with Crippen LogP contribution in [0.15, 0.2) is 42.5 Å². The summed E-state index contributed by atoms with van der Waals surface area (Å²) in [7, 11) is 0. The van der Waals surface area contributed by atoms with Gasteiger partial charge in [0.2, 0.25) is 0 Å². The van der Waals surface area contributed by atoms with Crippen LogP contribution >= 0.6 is 35.4 Å². The molecule has 0 fully saturated rings. The molecular formula is C15H12Cl2N2OS. The van der Waals surface area contributed by atoms with E-state index in [4.69, 9.17) is 41.2 Å². The molecule has 0 saturated heterocycles. The number of halogens is 2. The Morgan fingerprint density at radius 3 is 2.67 bits per heavy atom. The minimum absolute atomic E-state index is 0.289. The van der Waals surface area contributed by atoms with Gasteiger partial charge in [0.05, 0.1) is 10.6 Å². The molecule has 1 amide bonds. The van der Waals surface area contributed by atoms with Crippen molar-refractivity contribution < 1.29 is 4.79 Å². The van der Waals surface area contributed by atoms with Crippen molar-refractivity contribution in [3.63, 3.8) is 0 Å². The second kappa shape index (κ2) is 6.89. The summed E-state index contributed by atoms with van der Waals surface area (Å²) in [5.41, 5.74) is 7.58. The fourth-order valence-electron chi connectivity index (χ4n) is 1.78. The maximum Gasteiger partial charge on any atom is 0.253 e. The minimum atomic E-state index is -0.289. The van der Waals surface area contributed by atoms with Crippen LogP contribution in [0.1, 0.15) is 21.5 Å². The van der Waals surface area contributed by atoms with Crippen LogP contribution in [0.3, 0.4) is 0 Å². The predicted octanol–water partition coefficient (Wildman–Crippen LogP) is 3.56. The van der Waals surface area contributed by atoms with Crippen molar-refractivity contribution in [2.45, 2.75) is 6.54 Å². The number of benzene rings is 2. The van der Waals surface area contributed by atoms with Crippen LogP contribution in [0.4, 0.5) is 0 Å². The van der Waals surface area contributed by atoms with Crippen LogP contribution in [0.25, 0.3) is 0 Å². The predicted molar refractivity (Wildman–Crippen MR) is 90.0 cm³/mol. The molecule has 3 N–H and O–H groups in total. The normalized spacial score (nSPS) is 10.2. The molecular weight excluding hydrogens is 327 g/mol. The van der Waals surface area contributed by atoms with Crippen LogP contribution in [-0.4, -0.2) is 10.9 Å². The highest BCUT2D eigenvalue weighted by molar-refractivity contribution is 7.80. The van der Waals surface area contributed by atoms with Crippen molar-refractivity contribution in [3.05, 3.63) is 69.2 Å². The first-order chi connectivity index (χ1) is 9.97. The van der Waals surface area contributed by atoms with Crippen LogP contribution in [0.5, 0.6) is 0 Å². The molecule has 6 heteroatoms. The zero-order valence-corrected chi connectivity index (χ0v) is 13.2. The summed E-state index contributed by atoms with van der Waals surface area (Å²) >= 11 is 16.8. The highest BCUT2D eigenvalue weighted by Crippen LogP contribution is 2.20. The lowest BCUT2D eigenvalue weighted by Crippen LogP contribution is -2.23. The van der Waals surface area contributed by atoms with Crippen molar-refractivity contribution in [1.82, 2.24) is 5.32 Å². The average molecular weight is 339 g/mol. The van der Waals surface area contributed by atoms with Crippen molar-refractivity contribution in [1.29, 1.82) is 0 Å². The van der Waals surface area contributed by atoms with Gasteiger partial charge in [0.15, 0.2) is 0 Å². The number of rotatable bonds is 4. The lowest BCUT2D eigenvalue weighted by Gasteiger charge is -2.08. The molecule has 21 heavy (non-hydrogen) atoms. The second-order valence-corrected chi connectivity index (χ2v) is 5.65. The molecule has 0 aliphatic rings. The Morgan fingerprint density at radius 2 is 1.95 bits per heavy atom. The topological polar surface area (TPSA) is 55.1 Å². The Kier molecular flexibility index (Phi) is 5.17. The maximum absolute atomic E-state index is 12.1. The molecule has 0 aliphatic heterocycles. The number of hydrogen-bond donors (Lipinski definition) is 2. The Bertz CT molecular complexity index is 704. The molecule has 2 rings (SSSR count). The molecule has 0 radical (unpaired) electrons. The lowest BCUT2D eigenvalue weighted by atomic mass is 10.1. The number of thiocarbonyl (C=S) groups is 1. The van der Waals surface area contributed by atoms with E-state index in [1.807, 2.05) is 24.3 Å². The molecule has 0 bridgehead atoms. The first-order valence-corrected chi connectivity index (χ1v) is 7.26. The third-order valence-corrected chi connectivity index (χ3v) is 3.64. The smallest absolute Gasteiger partial charge is 0.253 e. The van der Waals surface area contributed by atoms with Gasteiger partial charge in [-0.25, -0.2) is 0 Å². The van der Waals surface area contributed by atoms with E-state index in [1.165, 1.54) is 6.07 Å². The fourth-order valence-corrected chi connectivity index (χ4v) is 2.29. The zero-order valence-electron chi connectivity index (χ0n) is 10.9. The van der Waals surface area contributed by atoms with E-state index in [1.54, 1.807) is 12.1 Å². The van der Waals surface area contributed by atoms with Gasteiger partial charge in [-0.05, 0) is 29.8 Å². The van der Waals surface area contributed by atoms with Gasteiger partial charge >= 0.3 is 0 Å². The molecule has 2 aromatic rings. The van der Waals surface area contributed by atoms with Gasteiger partial charge in [-0.15, -0.1) is 0 Å². The van der Waals surface area contributed by atoms with Gasteiger partial charge in [0.1, 0.15) is 4.99 Å². The molecule has 108 valence electrons. The van der Waals surface area contributed by atoms with Crippen LogP contribution < -0.4 is 11.1 Å². The second-order valence-electron chi connectivity index (χ2n) is 4.37. The highest BCUT2D eigenvalue weighted by Gasteiger charge is 2.10. The van der Waals surface area contributed by atoms with Crippen molar-refractivity contribution in [3.8, 4) is 0 Å². The first-order valence-electron chi connectivity index (χ1n) is 6.09. The number of amides is 1. The summed E-state index contributed by atoms with van der Waals surface area (Å²) in [5.74, 6) is -0.289. The highest BCUT2D eigenvalue weighted by atomic mass is 35.5. The molecule has 0 spiro atoms. The third kappa shape index (κ3) is 4.17. The molecule has 0 unspecified atom stereocenters. The van der Waals surface area contributed by atoms with Crippen molar-refractivity contribution >= 4 is 46.3 Å². The first kappa shape index (κ1) is 15.8. The number of nitrogens with one attached hydrogen (secondary N) is 1. The number of nitrogens with two attached hydrogens (primary N) is 1. The summed E-state index contributed by atoms with van der Waals surface area (Å²) in [6.45, 7) is 0.345. The summed E-state index contributed by atoms with van der Waals surface area (Å²) in [6, 6.07) is 12.1.